The van der Waals surface area contributed by atoms with Crippen LogP contribution < -0.4 is 0 Å². The van der Waals surface area contributed by atoms with Gasteiger partial charge in [0.2, 0.25) is 0 Å². The summed E-state index contributed by atoms with van der Waals surface area (Å²) in [5.41, 5.74) is -1.58. The lowest BCUT2D eigenvalue weighted by atomic mass is 10.1. The van der Waals surface area contributed by atoms with E-state index in [9.17, 15) is 23.2 Å². The first kappa shape index (κ1) is 13.7. The predicted octanol–water partition coefficient (Wildman–Crippen LogP) is 0.798. The topological polar surface area (TPSA) is 55.8 Å². The Bertz CT molecular complexity index is 270. The molecule has 0 saturated carbocycles. The molecule has 0 amide bonds. The Balaban J connectivity index is 4.00. The van der Waals surface area contributed by atoms with Gasteiger partial charge in [0.15, 0.2) is 0 Å². The first-order valence-corrected chi connectivity index (χ1v) is 3.80. The van der Waals surface area contributed by atoms with Crippen LogP contribution in [0, 0.1) is 12.3 Å². The minimum Gasteiger partial charge on any atom is -0.459 e. The number of terminal acetylenes is 1. The Morgan fingerprint density at radius 1 is 1.60 bits per heavy atom. The molecule has 0 saturated heterocycles. The number of carbonyl (C=O) groups is 1. The van der Waals surface area contributed by atoms with Crippen LogP contribution >= 0.6 is 0 Å². The van der Waals surface area contributed by atoms with Crippen molar-refractivity contribution in [2.45, 2.75) is 25.1 Å². The molecule has 1 atom stereocenters. The summed E-state index contributed by atoms with van der Waals surface area (Å²) in [6.45, 7) is 0.652. The van der Waals surface area contributed by atoms with Crippen LogP contribution in [0.1, 0.15) is 13.3 Å². The van der Waals surface area contributed by atoms with Crippen molar-refractivity contribution in [2.75, 3.05) is 6.61 Å². The normalized spacial score (nSPS) is 15.2. The molecule has 86 valence electrons. The Morgan fingerprint density at radius 2 is 2.13 bits per heavy atom. The summed E-state index contributed by atoms with van der Waals surface area (Å²) in [5.74, 6) is -0.243. The maximum Gasteiger partial charge on any atom is 0.486 e. The molecule has 0 heterocycles. The van der Waals surface area contributed by atoms with E-state index in [-0.39, 0.29) is 6.42 Å². The quantitative estimate of drug-likeness (QED) is 0.556. The molecule has 0 spiro atoms. The summed E-state index contributed by atoms with van der Waals surface area (Å²) >= 11 is 0. The van der Waals surface area contributed by atoms with E-state index in [0.717, 1.165) is 0 Å². The summed E-state index contributed by atoms with van der Waals surface area (Å²) in [6, 6.07) is 0. The highest BCUT2D eigenvalue weighted by Crippen LogP contribution is 2.18. The van der Waals surface area contributed by atoms with E-state index < -0.39 is 24.3 Å². The van der Waals surface area contributed by atoms with Gasteiger partial charge in [0.05, 0.1) is 6.61 Å². The lowest BCUT2D eigenvalue weighted by Gasteiger charge is -2.16. The van der Waals surface area contributed by atoms with Crippen molar-refractivity contribution in [3.8, 4) is 12.3 Å². The molecule has 0 aromatic carbocycles. The van der Waals surface area contributed by atoms with E-state index in [1.54, 1.807) is 0 Å². The van der Waals surface area contributed by atoms with Gasteiger partial charge in [-0.1, -0.05) is 5.92 Å². The van der Waals surface area contributed by atoms with E-state index >= 15 is 0 Å². The average Bonchev–Trinajstić information content (AvgIpc) is 2.17. The van der Waals surface area contributed by atoms with Gasteiger partial charge in [-0.15, -0.1) is 11.4 Å². The number of hydrogen-bond acceptors (Lipinski definition) is 4. The second-order valence-electron chi connectivity index (χ2n) is 2.90. The van der Waals surface area contributed by atoms with Crippen molar-refractivity contribution in [1.29, 1.82) is 0 Å². The summed E-state index contributed by atoms with van der Waals surface area (Å²) in [5, 5.41) is 9.18. The van der Waals surface area contributed by atoms with Gasteiger partial charge in [0, 0.05) is 6.42 Å². The molecule has 0 aromatic heterocycles. The SMILES string of the molecule is C#CC(C)(O)CCOC(=O)C(F)(F)OF. The van der Waals surface area contributed by atoms with Crippen molar-refractivity contribution >= 4 is 5.97 Å². The summed E-state index contributed by atoms with van der Waals surface area (Å²) in [6.07, 6.45) is -0.0275. The van der Waals surface area contributed by atoms with Crippen LogP contribution in [0.25, 0.3) is 0 Å². The molecule has 4 nitrogen and oxygen atoms in total. The minimum atomic E-state index is -4.64. The highest BCUT2D eigenvalue weighted by atomic mass is 19.4. The van der Waals surface area contributed by atoms with Gasteiger partial charge in [-0.3, -0.25) is 0 Å². The highest BCUT2D eigenvalue weighted by Gasteiger charge is 2.44. The van der Waals surface area contributed by atoms with Crippen molar-refractivity contribution in [2.24, 2.45) is 0 Å². The molecule has 0 fully saturated rings. The highest BCUT2D eigenvalue weighted by molar-refractivity contribution is 5.75. The van der Waals surface area contributed by atoms with Crippen molar-refractivity contribution < 1.29 is 32.9 Å². The molecule has 0 aliphatic rings. The number of rotatable bonds is 5. The maximum atomic E-state index is 12.1. The zero-order chi connectivity index (χ0) is 12.1. The average molecular weight is 226 g/mol. The van der Waals surface area contributed by atoms with Crippen molar-refractivity contribution in [3.63, 3.8) is 0 Å². The van der Waals surface area contributed by atoms with Gasteiger partial charge >= 0.3 is 12.1 Å². The number of aliphatic hydroxyl groups is 1. The molecule has 0 radical (unpaired) electrons. The summed E-state index contributed by atoms with van der Waals surface area (Å²) < 4.78 is 39.2. The molecule has 0 aliphatic heterocycles. The third kappa shape index (κ3) is 4.67. The number of ether oxygens (including phenoxy) is 1. The number of halogens is 3. The first-order chi connectivity index (χ1) is 6.75. The van der Waals surface area contributed by atoms with Crippen LogP contribution in [0.5, 0.6) is 0 Å². The van der Waals surface area contributed by atoms with Crippen LogP contribution in [-0.4, -0.2) is 29.4 Å². The predicted molar refractivity (Wildman–Crippen MR) is 42.2 cm³/mol. The van der Waals surface area contributed by atoms with Crippen LogP contribution in [0.2, 0.25) is 0 Å². The molecule has 0 rings (SSSR count). The number of carbonyl (C=O) groups excluding carboxylic acids is 1. The molecule has 0 aliphatic carbocycles. The second kappa shape index (κ2) is 5.00. The molecule has 0 aromatic rings. The van der Waals surface area contributed by atoms with Crippen LogP contribution in [0.15, 0.2) is 0 Å². The molecule has 1 N–H and O–H groups in total. The lowest BCUT2D eigenvalue weighted by molar-refractivity contribution is -0.342. The van der Waals surface area contributed by atoms with Crippen LogP contribution in [0.3, 0.4) is 0 Å². The third-order valence-corrected chi connectivity index (χ3v) is 1.47. The van der Waals surface area contributed by atoms with E-state index in [4.69, 9.17) is 6.42 Å². The Kier molecular flexibility index (Phi) is 4.58. The molecular formula is C8H9F3O4. The van der Waals surface area contributed by atoms with Crippen LogP contribution in [-0.2, 0) is 14.5 Å². The van der Waals surface area contributed by atoms with Gasteiger partial charge in [0.25, 0.3) is 0 Å². The molecule has 15 heavy (non-hydrogen) atoms. The lowest BCUT2D eigenvalue weighted by Crippen LogP contribution is -2.33. The van der Waals surface area contributed by atoms with E-state index in [1.165, 1.54) is 6.92 Å². The standard InChI is InChI=1S/C8H9F3O4/c1-3-7(2,13)4-5-14-6(12)8(9,10)15-11/h1,13H,4-5H2,2H3. The second-order valence-corrected chi connectivity index (χ2v) is 2.90. The monoisotopic (exact) mass is 226 g/mol. The van der Waals surface area contributed by atoms with Gasteiger partial charge in [0.1, 0.15) is 5.60 Å². The molecule has 1 unspecified atom stereocenters. The minimum absolute atomic E-state index is 0.252. The Morgan fingerprint density at radius 3 is 2.53 bits per heavy atom. The number of hydrogen-bond donors (Lipinski definition) is 1. The van der Waals surface area contributed by atoms with Gasteiger partial charge < -0.3 is 9.84 Å². The number of esters is 1. The van der Waals surface area contributed by atoms with Crippen LogP contribution in [0.4, 0.5) is 13.3 Å². The molecule has 7 heteroatoms. The van der Waals surface area contributed by atoms with E-state index in [0.29, 0.717) is 0 Å². The fourth-order valence-electron chi connectivity index (χ4n) is 0.530. The van der Waals surface area contributed by atoms with Gasteiger partial charge in [-0.25, -0.2) is 4.79 Å². The molecular weight excluding hydrogens is 217 g/mol. The van der Waals surface area contributed by atoms with E-state index in [1.807, 2.05) is 5.92 Å². The Labute approximate surface area is 83.9 Å². The van der Waals surface area contributed by atoms with Gasteiger partial charge in [-0.2, -0.15) is 8.78 Å². The zero-order valence-corrected chi connectivity index (χ0v) is 7.80. The largest absolute Gasteiger partial charge is 0.486 e. The maximum absolute atomic E-state index is 12.1. The van der Waals surface area contributed by atoms with Crippen molar-refractivity contribution in [3.05, 3.63) is 0 Å². The zero-order valence-electron chi connectivity index (χ0n) is 7.80. The fraction of sp³-hybridized carbons (Fsp3) is 0.625. The van der Waals surface area contributed by atoms with E-state index in [2.05, 4.69) is 9.68 Å². The third-order valence-electron chi connectivity index (χ3n) is 1.47. The fourth-order valence-corrected chi connectivity index (χ4v) is 0.530. The van der Waals surface area contributed by atoms with Gasteiger partial charge in [-0.05, 0) is 11.4 Å². The smallest absolute Gasteiger partial charge is 0.459 e. The van der Waals surface area contributed by atoms with Crippen molar-refractivity contribution in [1.82, 2.24) is 0 Å². The molecule has 0 bridgehead atoms. The summed E-state index contributed by atoms with van der Waals surface area (Å²) in [4.78, 5) is 12.5. The number of alkyl halides is 2. The first-order valence-electron chi connectivity index (χ1n) is 3.80. The summed E-state index contributed by atoms with van der Waals surface area (Å²) in [7, 11) is 0. The Hall–Kier alpha value is -1.26.